The molecule has 2 saturated heterocycles. The molecule has 1 aromatic carbocycles. The summed E-state index contributed by atoms with van der Waals surface area (Å²) in [5.41, 5.74) is -1.70. The minimum absolute atomic E-state index is 0.0447. The normalized spacial score (nSPS) is 26.9. The summed E-state index contributed by atoms with van der Waals surface area (Å²) in [4.78, 5) is 38.5. The summed E-state index contributed by atoms with van der Waals surface area (Å²) >= 11 is 3.38. The Labute approximate surface area is 146 Å². The number of carbonyl (C=O) groups is 3. The molecule has 1 aromatic rings. The molecule has 24 heavy (non-hydrogen) atoms. The molecule has 2 fully saturated rings. The van der Waals surface area contributed by atoms with Gasteiger partial charge in [-0.05, 0) is 28.1 Å². The van der Waals surface area contributed by atoms with Gasteiger partial charge >= 0.3 is 5.97 Å². The largest absolute Gasteiger partial charge is 0.479 e. The van der Waals surface area contributed by atoms with Crippen molar-refractivity contribution in [1.29, 1.82) is 0 Å². The Hall–Kier alpha value is -1.96. The van der Waals surface area contributed by atoms with Gasteiger partial charge in [0.25, 0.3) is 0 Å². The van der Waals surface area contributed by atoms with Crippen molar-refractivity contribution in [1.82, 2.24) is 4.90 Å². The number of nitrogens with zero attached hydrogens (tertiary/aromatic N) is 2. The smallest absolute Gasteiger partial charge is 0.343 e. The monoisotopic (exact) mass is 398 g/mol. The second-order valence-electron chi connectivity index (χ2n) is 6.14. The van der Waals surface area contributed by atoms with Crippen molar-refractivity contribution in [2.24, 2.45) is 5.92 Å². The summed E-state index contributed by atoms with van der Waals surface area (Å²) in [5, 5.41) is 8.92. The molecule has 3 rings (SSSR count). The van der Waals surface area contributed by atoms with Gasteiger partial charge < -0.3 is 14.9 Å². The fraction of sp³-hybridized carbons (Fsp3) is 0.438. The molecule has 2 amide bonds. The average Bonchev–Trinajstić information content (AvgIpc) is 3.12. The summed E-state index contributed by atoms with van der Waals surface area (Å²) < 4.78 is 14.9. The highest BCUT2D eigenvalue weighted by molar-refractivity contribution is 9.10. The van der Waals surface area contributed by atoms with Crippen molar-refractivity contribution < 1.29 is 23.9 Å². The standard InChI is InChI=1S/C16H16BrFN2O4/c17-11-3-1-2-4-12(11)20-8-10(7-13(20)21)14(22)19-6-5-16(18,9-19)15(23)24/h1-4,10H,5-9H2,(H,23,24). The Balaban J connectivity index is 1.71. The SMILES string of the molecule is O=C(C1CC(=O)N(c2ccccc2Br)C1)N1CCC(F)(C(=O)O)C1. The number of likely N-dealkylation sites (tertiary alicyclic amines) is 1. The molecule has 2 heterocycles. The Kier molecular flexibility index (Phi) is 4.33. The second kappa shape index (κ2) is 6.16. The van der Waals surface area contributed by atoms with E-state index in [1.807, 2.05) is 12.1 Å². The molecule has 0 saturated carbocycles. The van der Waals surface area contributed by atoms with Crippen LogP contribution in [0.2, 0.25) is 0 Å². The Bertz CT molecular complexity index is 713. The van der Waals surface area contributed by atoms with Gasteiger partial charge in [-0.3, -0.25) is 9.59 Å². The first-order valence-electron chi connectivity index (χ1n) is 7.58. The number of hydrogen-bond donors (Lipinski definition) is 1. The first-order valence-corrected chi connectivity index (χ1v) is 8.37. The summed E-state index contributed by atoms with van der Waals surface area (Å²) in [6, 6.07) is 7.21. The zero-order chi connectivity index (χ0) is 17.5. The number of rotatable bonds is 3. The van der Waals surface area contributed by atoms with E-state index in [1.54, 1.807) is 12.1 Å². The zero-order valence-corrected chi connectivity index (χ0v) is 14.3. The van der Waals surface area contributed by atoms with Crippen molar-refractivity contribution in [2.75, 3.05) is 24.5 Å². The number of carbonyl (C=O) groups excluding carboxylic acids is 2. The van der Waals surface area contributed by atoms with E-state index in [9.17, 15) is 18.8 Å². The van der Waals surface area contributed by atoms with E-state index >= 15 is 0 Å². The quantitative estimate of drug-likeness (QED) is 0.842. The number of carboxylic acids is 1. The van der Waals surface area contributed by atoms with Crippen molar-refractivity contribution in [3.63, 3.8) is 0 Å². The predicted molar refractivity (Wildman–Crippen MR) is 87.3 cm³/mol. The van der Waals surface area contributed by atoms with Crippen molar-refractivity contribution >= 4 is 39.4 Å². The lowest BCUT2D eigenvalue weighted by Gasteiger charge is -2.22. The van der Waals surface area contributed by atoms with Crippen LogP contribution in [-0.4, -0.2) is 53.1 Å². The molecule has 0 radical (unpaired) electrons. The molecule has 0 aliphatic carbocycles. The molecule has 0 spiro atoms. The van der Waals surface area contributed by atoms with Crippen LogP contribution in [-0.2, 0) is 14.4 Å². The highest BCUT2D eigenvalue weighted by atomic mass is 79.9. The summed E-state index contributed by atoms with van der Waals surface area (Å²) in [7, 11) is 0. The van der Waals surface area contributed by atoms with Crippen molar-refractivity contribution in [2.45, 2.75) is 18.5 Å². The highest BCUT2D eigenvalue weighted by Crippen LogP contribution is 2.33. The summed E-state index contributed by atoms with van der Waals surface area (Å²) in [5.74, 6) is -2.67. The molecule has 0 bridgehead atoms. The van der Waals surface area contributed by atoms with E-state index < -0.39 is 24.1 Å². The molecule has 1 N–H and O–H groups in total. The number of aliphatic carboxylic acids is 1. The third kappa shape index (κ3) is 2.90. The van der Waals surface area contributed by atoms with Gasteiger partial charge in [0.1, 0.15) is 0 Å². The second-order valence-corrected chi connectivity index (χ2v) is 6.99. The topological polar surface area (TPSA) is 77.9 Å². The Morgan fingerprint density at radius 2 is 2.04 bits per heavy atom. The van der Waals surface area contributed by atoms with E-state index in [2.05, 4.69) is 15.9 Å². The Morgan fingerprint density at radius 3 is 2.67 bits per heavy atom. The van der Waals surface area contributed by atoms with Crippen LogP contribution in [0.3, 0.4) is 0 Å². The van der Waals surface area contributed by atoms with Crippen LogP contribution in [0.4, 0.5) is 10.1 Å². The van der Waals surface area contributed by atoms with Gasteiger partial charge in [-0.15, -0.1) is 0 Å². The van der Waals surface area contributed by atoms with E-state index in [-0.39, 0.29) is 37.7 Å². The lowest BCUT2D eigenvalue weighted by molar-refractivity contribution is -0.150. The van der Waals surface area contributed by atoms with Crippen LogP contribution in [0, 0.1) is 5.92 Å². The van der Waals surface area contributed by atoms with E-state index in [4.69, 9.17) is 5.11 Å². The molecule has 2 unspecified atom stereocenters. The number of amides is 2. The van der Waals surface area contributed by atoms with Crippen LogP contribution >= 0.6 is 15.9 Å². The van der Waals surface area contributed by atoms with Gasteiger partial charge in [0, 0.05) is 30.4 Å². The molecule has 128 valence electrons. The maximum Gasteiger partial charge on any atom is 0.343 e. The van der Waals surface area contributed by atoms with Crippen LogP contribution in [0.5, 0.6) is 0 Å². The Morgan fingerprint density at radius 1 is 1.33 bits per heavy atom. The third-order valence-electron chi connectivity index (χ3n) is 4.53. The lowest BCUT2D eigenvalue weighted by atomic mass is 10.1. The van der Waals surface area contributed by atoms with Crippen LogP contribution in [0.1, 0.15) is 12.8 Å². The number of para-hydroxylation sites is 1. The number of benzene rings is 1. The predicted octanol–water partition coefficient (Wildman–Crippen LogP) is 1.83. The van der Waals surface area contributed by atoms with Gasteiger partial charge in [0.15, 0.2) is 0 Å². The van der Waals surface area contributed by atoms with Gasteiger partial charge in [0.05, 0.1) is 18.2 Å². The fourth-order valence-corrected chi connectivity index (χ4v) is 3.67. The van der Waals surface area contributed by atoms with Crippen LogP contribution in [0.15, 0.2) is 28.7 Å². The molecular weight excluding hydrogens is 383 g/mol. The minimum Gasteiger partial charge on any atom is -0.479 e. The van der Waals surface area contributed by atoms with Gasteiger partial charge in [-0.1, -0.05) is 12.1 Å². The molecule has 2 atom stereocenters. The molecule has 8 heteroatoms. The van der Waals surface area contributed by atoms with Crippen LogP contribution < -0.4 is 4.90 Å². The fourth-order valence-electron chi connectivity index (χ4n) is 3.17. The van der Waals surface area contributed by atoms with Gasteiger partial charge in [-0.2, -0.15) is 0 Å². The number of carboxylic acid groups (broad SMARTS) is 1. The summed E-state index contributed by atoms with van der Waals surface area (Å²) in [6.45, 7) is -0.189. The number of alkyl halides is 1. The zero-order valence-electron chi connectivity index (χ0n) is 12.7. The third-order valence-corrected chi connectivity index (χ3v) is 5.20. The molecule has 2 aliphatic heterocycles. The first kappa shape index (κ1) is 16.9. The molecule has 0 aromatic heterocycles. The van der Waals surface area contributed by atoms with E-state index in [0.29, 0.717) is 5.69 Å². The van der Waals surface area contributed by atoms with E-state index in [0.717, 1.165) is 4.47 Å². The maximum absolute atomic E-state index is 14.1. The maximum atomic E-state index is 14.1. The number of anilines is 1. The van der Waals surface area contributed by atoms with E-state index in [1.165, 1.54) is 9.80 Å². The summed E-state index contributed by atoms with van der Waals surface area (Å²) in [6.07, 6.45) is -0.175. The molecule has 6 nitrogen and oxygen atoms in total. The van der Waals surface area contributed by atoms with Gasteiger partial charge in [0.2, 0.25) is 17.5 Å². The minimum atomic E-state index is -2.39. The van der Waals surface area contributed by atoms with Crippen LogP contribution in [0.25, 0.3) is 0 Å². The molecule has 2 aliphatic rings. The number of hydrogen-bond acceptors (Lipinski definition) is 3. The first-order chi connectivity index (χ1) is 11.3. The van der Waals surface area contributed by atoms with Crippen molar-refractivity contribution in [3.8, 4) is 0 Å². The highest BCUT2D eigenvalue weighted by Gasteiger charge is 2.49. The lowest BCUT2D eigenvalue weighted by Crippen LogP contribution is -2.41. The van der Waals surface area contributed by atoms with Crippen molar-refractivity contribution in [3.05, 3.63) is 28.7 Å². The van der Waals surface area contributed by atoms with Gasteiger partial charge in [-0.25, -0.2) is 9.18 Å². The average molecular weight is 399 g/mol. The molecular formula is C16H16BrFN2O4. The number of halogens is 2.